The first-order valence-electron chi connectivity index (χ1n) is 7.30. The Kier molecular flexibility index (Phi) is 5.02. The van der Waals surface area contributed by atoms with Crippen LogP contribution in [0, 0.1) is 11.3 Å². The summed E-state index contributed by atoms with van der Waals surface area (Å²) in [7, 11) is 0. The van der Waals surface area contributed by atoms with Crippen molar-refractivity contribution in [1.29, 1.82) is 5.26 Å². The highest BCUT2D eigenvalue weighted by Crippen LogP contribution is 2.16. The van der Waals surface area contributed by atoms with Crippen molar-refractivity contribution in [1.82, 2.24) is 9.97 Å². The van der Waals surface area contributed by atoms with Crippen molar-refractivity contribution in [2.24, 2.45) is 0 Å². The monoisotopic (exact) mass is 393 g/mol. The molecule has 0 spiro atoms. The van der Waals surface area contributed by atoms with Gasteiger partial charge in [-0.25, -0.2) is 9.97 Å². The van der Waals surface area contributed by atoms with Crippen LogP contribution in [0.5, 0.6) is 0 Å². The summed E-state index contributed by atoms with van der Waals surface area (Å²) in [6, 6.07) is 16.3. The summed E-state index contributed by atoms with van der Waals surface area (Å²) in [6.07, 6.45) is 2.86. The van der Waals surface area contributed by atoms with Crippen molar-refractivity contribution in [2.75, 3.05) is 10.6 Å². The zero-order chi connectivity index (χ0) is 17.6. The van der Waals surface area contributed by atoms with Gasteiger partial charge in [0.1, 0.15) is 11.5 Å². The lowest BCUT2D eigenvalue weighted by molar-refractivity contribution is 0.102. The minimum absolute atomic E-state index is 0.208. The molecule has 122 valence electrons. The van der Waals surface area contributed by atoms with Crippen LogP contribution in [0.15, 0.2) is 65.4 Å². The van der Waals surface area contributed by atoms with Gasteiger partial charge in [-0.05, 0) is 42.5 Å². The molecular formula is C18H12BrN5O. The average molecular weight is 394 g/mol. The molecule has 0 atom stereocenters. The van der Waals surface area contributed by atoms with E-state index in [1.54, 1.807) is 30.3 Å². The average Bonchev–Trinajstić information content (AvgIpc) is 2.64. The number of rotatable bonds is 4. The number of aromatic nitrogens is 2. The van der Waals surface area contributed by atoms with Gasteiger partial charge >= 0.3 is 0 Å². The molecule has 25 heavy (non-hydrogen) atoms. The molecule has 0 saturated carbocycles. The summed E-state index contributed by atoms with van der Waals surface area (Å²) in [4.78, 5) is 20.5. The molecule has 0 aliphatic carbocycles. The highest BCUT2D eigenvalue weighted by atomic mass is 79.9. The smallest absolute Gasteiger partial charge is 0.275 e. The van der Waals surface area contributed by atoms with Gasteiger partial charge < -0.3 is 10.6 Å². The van der Waals surface area contributed by atoms with Gasteiger partial charge in [0.25, 0.3) is 5.91 Å². The van der Waals surface area contributed by atoms with E-state index in [1.807, 2.05) is 18.2 Å². The van der Waals surface area contributed by atoms with Gasteiger partial charge in [0.15, 0.2) is 0 Å². The van der Waals surface area contributed by atoms with E-state index in [2.05, 4.69) is 42.6 Å². The molecule has 0 radical (unpaired) electrons. The number of nitriles is 1. The highest BCUT2D eigenvalue weighted by Gasteiger charge is 2.08. The molecule has 1 amide bonds. The lowest BCUT2D eigenvalue weighted by Crippen LogP contribution is -2.14. The number of carbonyl (C=O) groups is 1. The maximum atomic E-state index is 12.2. The predicted octanol–water partition coefficient (Wildman–Crippen LogP) is 4.11. The molecule has 6 nitrogen and oxygen atoms in total. The Hall–Kier alpha value is -3.24. The summed E-state index contributed by atoms with van der Waals surface area (Å²) < 4.78 is 0.932. The standard InChI is InChI=1S/C18H12BrN5O/c19-13-4-6-14(7-5-13)24-18(25)16-10-22-17(11-21-16)23-15-3-1-2-12(8-15)9-20/h1-8,10-11H,(H,22,23)(H,24,25). The maximum absolute atomic E-state index is 12.2. The van der Waals surface area contributed by atoms with Gasteiger partial charge in [-0.1, -0.05) is 22.0 Å². The molecule has 0 aliphatic rings. The van der Waals surface area contributed by atoms with Gasteiger partial charge in [0.05, 0.1) is 24.0 Å². The van der Waals surface area contributed by atoms with E-state index >= 15 is 0 Å². The summed E-state index contributed by atoms with van der Waals surface area (Å²) in [6.45, 7) is 0. The third kappa shape index (κ3) is 4.40. The second-order valence-corrected chi connectivity index (χ2v) is 5.98. The molecule has 1 heterocycles. The quantitative estimate of drug-likeness (QED) is 0.695. The predicted molar refractivity (Wildman–Crippen MR) is 98.6 cm³/mol. The lowest BCUT2D eigenvalue weighted by Gasteiger charge is -2.07. The molecule has 2 N–H and O–H groups in total. The number of amides is 1. The van der Waals surface area contributed by atoms with E-state index in [0.717, 1.165) is 10.2 Å². The first-order chi connectivity index (χ1) is 12.1. The Bertz CT molecular complexity index is 933. The number of hydrogen-bond donors (Lipinski definition) is 2. The topological polar surface area (TPSA) is 90.7 Å². The van der Waals surface area contributed by atoms with Gasteiger partial charge in [-0.15, -0.1) is 0 Å². The van der Waals surface area contributed by atoms with Crippen LogP contribution >= 0.6 is 15.9 Å². The molecule has 0 saturated heterocycles. The van der Waals surface area contributed by atoms with E-state index in [9.17, 15) is 4.79 Å². The molecule has 2 aromatic carbocycles. The van der Waals surface area contributed by atoms with Crippen LogP contribution in [-0.4, -0.2) is 15.9 Å². The summed E-state index contributed by atoms with van der Waals surface area (Å²) in [5, 5.41) is 14.7. The van der Waals surface area contributed by atoms with Gasteiger partial charge in [0, 0.05) is 15.8 Å². The molecule has 0 aliphatic heterocycles. The number of nitrogens with one attached hydrogen (secondary N) is 2. The van der Waals surface area contributed by atoms with Crippen molar-refractivity contribution in [3.8, 4) is 6.07 Å². The van der Waals surface area contributed by atoms with Crippen LogP contribution in [0.25, 0.3) is 0 Å². The Labute approximate surface area is 152 Å². The SMILES string of the molecule is N#Cc1cccc(Nc2cnc(C(=O)Nc3ccc(Br)cc3)cn2)c1. The first kappa shape index (κ1) is 16.6. The maximum Gasteiger partial charge on any atom is 0.275 e. The zero-order valence-electron chi connectivity index (χ0n) is 12.9. The fourth-order valence-corrected chi connectivity index (χ4v) is 2.32. The van der Waals surface area contributed by atoms with Crippen LogP contribution in [0.3, 0.4) is 0 Å². The highest BCUT2D eigenvalue weighted by molar-refractivity contribution is 9.10. The van der Waals surface area contributed by atoms with Crippen LogP contribution < -0.4 is 10.6 Å². The van der Waals surface area contributed by atoms with E-state index in [4.69, 9.17) is 5.26 Å². The fourth-order valence-electron chi connectivity index (χ4n) is 2.05. The van der Waals surface area contributed by atoms with Gasteiger partial charge in [0.2, 0.25) is 0 Å². The molecule has 3 aromatic rings. The number of hydrogen-bond acceptors (Lipinski definition) is 5. The molecule has 7 heteroatoms. The van der Waals surface area contributed by atoms with E-state index in [-0.39, 0.29) is 11.6 Å². The van der Waals surface area contributed by atoms with Crippen molar-refractivity contribution >= 4 is 39.0 Å². The Balaban J connectivity index is 1.68. The van der Waals surface area contributed by atoms with Crippen molar-refractivity contribution in [3.05, 3.63) is 76.7 Å². The molecule has 0 bridgehead atoms. The Morgan fingerprint density at radius 3 is 2.52 bits per heavy atom. The van der Waals surface area contributed by atoms with Gasteiger partial charge in [-0.3, -0.25) is 4.79 Å². The first-order valence-corrected chi connectivity index (χ1v) is 8.09. The van der Waals surface area contributed by atoms with Crippen molar-refractivity contribution in [3.63, 3.8) is 0 Å². The molecular weight excluding hydrogens is 382 g/mol. The van der Waals surface area contributed by atoms with Crippen LogP contribution in [0.1, 0.15) is 16.1 Å². The lowest BCUT2D eigenvalue weighted by atomic mass is 10.2. The van der Waals surface area contributed by atoms with Crippen molar-refractivity contribution in [2.45, 2.75) is 0 Å². The number of halogens is 1. The van der Waals surface area contributed by atoms with Crippen LogP contribution in [-0.2, 0) is 0 Å². The Morgan fingerprint density at radius 1 is 1.04 bits per heavy atom. The van der Waals surface area contributed by atoms with Crippen molar-refractivity contribution < 1.29 is 4.79 Å². The third-order valence-electron chi connectivity index (χ3n) is 3.25. The molecule has 3 rings (SSSR count). The Morgan fingerprint density at radius 2 is 1.84 bits per heavy atom. The van der Waals surface area contributed by atoms with Crippen LogP contribution in [0.4, 0.5) is 17.2 Å². The number of anilines is 3. The summed E-state index contributed by atoms with van der Waals surface area (Å²) in [5.41, 5.74) is 2.15. The third-order valence-corrected chi connectivity index (χ3v) is 3.78. The second-order valence-electron chi connectivity index (χ2n) is 5.07. The normalized spacial score (nSPS) is 9.92. The van der Waals surface area contributed by atoms with Crippen LogP contribution in [0.2, 0.25) is 0 Å². The zero-order valence-corrected chi connectivity index (χ0v) is 14.5. The molecule has 1 aromatic heterocycles. The van der Waals surface area contributed by atoms with Gasteiger partial charge in [-0.2, -0.15) is 5.26 Å². The number of benzene rings is 2. The largest absolute Gasteiger partial charge is 0.339 e. The number of nitrogens with zero attached hydrogens (tertiary/aromatic N) is 3. The van der Waals surface area contributed by atoms with E-state index < -0.39 is 0 Å². The molecule has 0 fully saturated rings. The van der Waals surface area contributed by atoms with E-state index in [1.165, 1.54) is 12.4 Å². The summed E-state index contributed by atoms with van der Waals surface area (Å²) in [5.74, 6) is 0.142. The molecule has 0 unspecified atom stereocenters. The minimum atomic E-state index is -0.340. The minimum Gasteiger partial charge on any atom is -0.339 e. The second kappa shape index (κ2) is 7.55. The van der Waals surface area contributed by atoms with E-state index in [0.29, 0.717) is 17.1 Å². The number of carbonyl (C=O) groups excluding carboxylic acids is 1. The summed E-state index contributed by atoms with van der Waals surface area (Å²) >= 11 is 3.34. The fraction of sp³-hybridized carbons (Fsp3) is 0.